The van der Waals surface area contributed by atoms with Gasteiger partial charge in [-0.25, -0.2) is 0 Å². The molecule has 1 aromatic carbocycles. The molecule has 3 atom stereocenters. The van der Waals surface area contributed by atoms with Crippen LogP contribution in [0.25, 0.3) is 0 Å². The lowest BCUT2D eigenvalue weighted by molar-refractivity contribution is -0.125. The predicted molar refractivity (Wildman–Crippen MR) is 93.1 cm³/mol. The van der Waals surface area contributed by atoms with Crippen molar-refractivity contribution in [1.82, 2.24) is 10.2 Å². The number of fused-ring (bicyclic) bond motifs is 2. The van der Waals surface area contributed by atoms with Crippen molar-refractivity contribution >= 4 is 11.7 Å². The molecule has 5 heteroatoms. The molecule has 1 aliphatic carbocycles. The van der Waals surface area contributed by atoms with E-state index in [1.165, 1.54) is 5.56 Å². The van der Waals surface area contributed by atoms with Crippen LogP contribution in [-0.4, -0.2) is 42.4 Å². The van der Waals surface area contributed by atoms with Gasteiger partial charge in [0.15, 0.2) is 0 Å². The highest BCUT2D eigenvalue weighted by Gasteiger charge is 2.58. The minimum absolute atomic E-state index is 0.137. The third-order valence-corrected chi connectivity index (χ3v) is 5.91. The van der Waals surface area contributed by atoms with Gasteiger partial charge < -0.3 is 10.1 Å². The summed E-state index contributed by atoms with van der Waals surface area (Å²) in [5, 5.41) is 3.00. The van der Waals surface area contributed by atoms with Gasteiger partial charge in [0, 0.05) is 32.0 Å². The van der Waals surface area contributed by atoms with Crippen LogP contribution in [0.1, 0.15) is 31.7 Å². The summed E-state index contributed by atoms with van der Waals surface area (Å²) in [5.41, 5.74) is 0.809. The van der Waals surface area contributed by atoms with Gasteiger partial charge in [0.05, 0.1) is 7.11 Å². The average molecular weight is 327 g/mol. The van der Waals surface area contributed by atoms with Crippen molar-refractivity contribution in [2.24, 2.45) is 16.8 Å². The lowest BCUT2D eigenvalue weighted by atomic mass is 9.85. The number of nitrogens with one attached hydrogen (secondary N) is 1. The smallest absolute Gasteiger partial charge is 0.253 e. The minimum atomic E-state index is -0.481. The number of aliphatic imine (C=N–C) groups is 1. The van der Waals surface area contributed by atoms with E-state index in [2.05, 4.69) is 29.3 Å². The van der Waals surface area contributed by atoms with Gasteiger partial charge in [0.1, 0.15) is 17.1 Å². The lowest BCUT2D eigenvalue weighted by Gasteiger charge is -2.25. The van der Waals surface area contributed by atoms with Gasteiger partial charge in [-0.1, -0.05) is 19.1 Å². The molecule has 2 heterocycles. The van der Waals surface area contributed by atoms with Crippen molar-refractivity contribution in [1.29, 1.82) is 0 Å². The van der Waals surface area contributed by atoms with Crippen LogP contribution in [-0.2, 0) is 11.3 Å². The number of likely N-dealkylation sites (tertiary alicyclic amines) is 1. The highest BCUT2D eigenvalue weighted by atomic mass is 16.5. The molecule has 2 fully saturated rings. The first-order chi connectivity index (χ1) is 11.6. The lowest BCUT2D eigenvalue weighted by Crippen LogP contribution is -2.44. The number of carbonyl (C=O) groups is 1. The minimum Gasteiger partial charge on any atom is -0.497 e. The second-order valence-electron chi connectivity index (χ2n) is 7.24. The predicted octanol–water partition coefficient (Wildman–Crippen LogP) is 2.21. The van der Waals surface area contributed by atoms with Crippen molar-refractivity contribution in [3.05, 3.63) is 29.8 Å². The summed E-state index contributed by atoms with van der Waals surface area (Å²) >= 11 is 0. The Morgan fingerprint density at radius 3 is 2.79 bits per heavy atom. The van der Waals surface area contributed by atoms with Gasteiger partial charge >= 0.3 is 0 Å². The number of hydrogen-bond acceptors (Lipinski definition) is 4. The van der Waals surface area contributed by atoms with E-state index >= 15 is 0 Å². The number of amidine groups is 1. The van der Waals surface area contributed by atoms with Crippen LogP contribution in [0.2, 0.25) is 0 Å². The second-order valence-corrected chi connectivity index (χ2v) is 7.24. The second kappa shape index (κ2) is 5.88. The van der Waals surface area contributed by atoms with Crippen LogP contribution in [0.5, 0.6) is 5.75 Å². The number of carbonyl (C=O) groups excluding carboxylic acids is 1. The summed E-state index contributed by atoms with van der Waals surface area (Å²) in [7, 11) is 1.69. The van der Waals surface area contributed by atoms with Crippen molar-refractivity contribution in [2.45, 2.75) is 38.3 Å². The first-order valence-corrected chi connectivity index (χ1v) is 8.90. The Labute approximate surface area is 143 Å². The van der Waals surface area contributed by atoms with E-state index < -0.39 is 5.54 Å². The molecule has 1 saturated carbocycles. The number of ether oxygens (including phenoxy) is 1. The standard InChI is InChI=1S/C19H25N3O2/c1-3-17-20-18(23)19(21-17)9-8-14-11-22(12-16(14)19)10-13-4-6-15(24-2)7-5-13/h4-7,14,16H,3,8-12H2,1-2H3,(H,20,21,23)/t14-,16+,19-/m0/s1. The maximum Gasteiger partial charge on any atom is 0.253 e. The summed E-state index contributed by atoms with van der Waals surface area (Å²) < 4.78 is 5.22. The van der Waals surface area contributed by atoms with Crippen LogP contribution in [0.3, 0.4) is 0 Å². The summed E-state index contributed by atoms with van der Waals surface area (Å²) in [5.74, 6) is 2.85. The van der Waals surface area contributed by atoms with E-state index in [1.54, 1.807) is 7.11 Å². The topological polar surface area (TPSA) is 53.9 Å². The number of benzene rings is 1. The summed E-state index contributed by atoms with van der Waals surface area (Å²) in [6, 6.07) is 8.27. The highest BCUT2D eigenvalue weighted by molar-refractivity contribution is 6.08. The molecule has 1 aromatic rings. The maximum atomic E-state index is 12.6. The molecule has 128 valence electrons. The maximum absolute atomic E-state index is 12.6. The summed E-state index contributed by atoms with van der Waals surface area (Å²) in [4.78, 5) is 19.9. The van der Waals surface area contributed by atoms with Gasteiger partial charge in [0.2, 0.25) is 0 Å². The quantitative estimate of drug-likeness (QED) is 0.922. The van der Waals surface area contributed by atoms with Gasteiger partial charge in [-0.05, 0) is 36.5 Å². The molecule has 0 bridgehead atoms. The van der Waals surface area contributed by atoms with Crippen LogP contribution in [0.15, 0.2) is 29.3 Å². The van der Waals surface area contributed by atoms with Crippen molar-refractivity contribution in [2.75, 3.05) is 20.2 Å². The van der Waals surface area contributed by atoms with Crippen LogP contribution >= 0.6 is 0 Å². The zero-order chi connectivity index (χ0) is 16.7. The van der Waals surface area contributed by atoms with Crippen LogP contribution in [0, 0.1) is 11.8 Å². The Kier molecular flexibility index (Phi) is 3.83. The fourth-order valence-electron chi connectivity index (χ4n) is 4.65. The molecule has 1 amide bonds. The highest BCUT2D eigenvalue weighted by Crippen LogP contribution is 2.49. The SMILES string of the molecule is CCC1=N[C@]2(CC[C@H]3CN(Cc4ccc(OC)cc4)C[C@H]32)C(=O)N1. The molecule has 3 aliphatic rings. The molecule has 1 saturated heterocycles. The average Bonchev–Trinajstić information content (AvgIpc) is 3.24. The Balaban J connectivity index is 1.48. The molecule has 5 nitrogen and oxygen atoms in total. The van der Waals surface area contributed by atoms with Gasteiger partial charge in [-0.15, -0.1) is 0 Å². The molecule has 0 aromatic heterocycles. The van der Waals surface area contributed by atoms with Gasteiger partial charge in [-0.3, -0.25) is 14.7 Å². The largest absolute Gasteiger partial charge is 0.497 e. The Morgan fingerprint density at radius 1 is 1.33 bits per heavy atom. The number of nitrogens with zero attached hydrogens (tertiary/aromatic N) is 2. The fourth-order valence-corrected chi connectivity index (χ4v) is 4.65. The van der Waals surface area contributed by atoms with Gasteiger partial charge in [0.25, 0.3) is 5.91 Å². The Bertz CT molecular complexity index is 670. The molecule has 2 aliphatic heterocycles. The molecule has 0 radical (unpaired) electrons. The fraction of sp³-hybridized carbons (Fsp3) is 0.579. The van der Waals surface area contributed by atoms with Crippen LogP contribution < -0.4 is 10.1 Å². The number of hydrogen-bond donors (Lipinski definition) is 1. The third-order valence-electron chi connectivity index (χ3n) is 5.91. The third kappa shape index (κ3) is 2.42. The first kappa shape index (κ1) is 15.6. The number of methoxy groups -OCH3 is 1. The van der Waals surface area contributed by atoms with E-state index in [9.17, 15) is 4.79 Å². The summed E-state index contributed by atoms with van der Waals surface area (Å²) in [6.45, 7) is 5.02. The van der Waals surface area contributed by atoms with E-state index in [4.69, 9.17) is 9.73 Å². The first-order valence-electron chi connectivity index (χ1n) is 8.90. The number of amides is 1. The van der Waals surface area contributed by atoms with E-state index in [-0.39, 0.29) is 5.91 Å². The van der Waals surface area contributed by atoms with Crippen molar-refractivity contribution in [3.63, 3.8) is 0 Å². The molecule has 1 spiro atoms. The monoisotopic (exact) mass is 327 g/mol. The van der Waals surface area contributed by atoms with Crippen molar-refractivity contribution < 1.29 is 9.53 Å². The van der Waals surface area contributed by atoms with Crippen molar-refractivity contribution in [3.8, 4) is 5.75 Å². The molecule has 1 N–H and O–H groups in total. The molecule has 4 rings (SSSR count). The molecular weight excluding hydrogens is 302 g/mol. The molecular formula is C19H25N3O2. The molecule has 0 unspecified atom stereocenters. The Hall–Kier alpha value is -1.88. The zero-order valence-electron chi connectivity index (χ0n) is 14.4. The Morgan fingerprint density at radius 2 is 2.12 bits per heavy atom. The number of rotatable bonds is 4. The van der Waals surface area contributed by atoms with Crippen LogP contribution in [0.4, 0.5) is 0 Å². The molecule has 24 heavy (non-hydrogen) atoms. The van der Waals surface area contributed by atoms with E-state index in [0.717, 1.165) is 50.5 Å². The zero-order valence-corrected chi connectivity index (χ0v) is 14.4. The van der Waals surface area contributed by atoms with Gasteiger partial charge in [-0.2, -0.15) is 0 Å². The summed E-state index contributed by atoms with van der Waals surface area (Å²) in [6.07, 6.45) is 2.83. The van der Waals surface area contributed by atoms with E-state index in [0.29, 0.717) is 11.8 Å². The van der Waals surface area contributed by atoms with E-state index in [1.807, 2.05) is 12.1 Å². The normalized spacial score (nSPS) is 32.1.